The van der Waals surface area contributed by atoms with Gasteiger partial charge in [0.05, 0.1) is 12.7 Å². The largest absolute Gasteiger partial charge is 0.497 e. The van der Waals surface area contributed by atoms with E-state index in [1.165, 1.54) is 11.1 Å². The van der Waals surface area contributed by atoms with Crippen LogP contribution in [0, 0.1) is 0 Å². The van der Waals surface area contributed by atoms with Crippen molar-refractivity contribution in [2.75, 3.05) is 33.9 Å². The van der Waals surface area contributed by atoms with Gasteiger partial charge in [-0.15, -0.1) is 6.58 Å². The Labute approximate surface area is 223 Å². The van der Waals surface area contributed by atoms with Gasteiger partial charge in [0.15, 0.2) is 0 Å². The first-order valence-electron chi connectivity index (χ1n) is 13.9. The van der Waals surface area contributed by atoms with Crippen LogP contribution in [0.2, 0.25) is 0 Å². The number of benzene rings is 2. The number of fused-ring (bicyclic) bond motifs is 1. The SMILES string of the molecule is C=CCN1CC[C@@]2(c3cccc(OC)c3)C[C@@H](NC(=O)CCCCCc3ccccc3)CC[C@]2(OC)C1. The van der Waals surface area contributed by atoms with E-state index in [9.17, 15) is 4.79 Å². The molecule has 3 atom stereocenters. The molecule has 2 aromatic carbocycles. The Balaban J connectivity index is 1.41. The van der Waals surface area contributed by atoms with Crippen LogP contribution < -0.4 is 10.1 Å². The summed E-state index contributed by atoms with van der Waals surface area (Å²) in [5, 5.41) is 3.41. The Morgan fingerprint density at radius 2 is 1.95 bits per heavy atom. The Hall–Kier alpha value is -2.63. The van der Waals surface area contributed by atoms with E-state index in [0.29, 0.717) is 6.42 Å². The zero-order chi connectivity index (χ0) is 26.1. The fourth-order valence-electron chi connectivity index (χ4n) is 6.71. The summed E-state index contributed by atoms with van der Waals surface area (Å²) in [6.07, 6.45) is 10.5. The fraction of sp³-hybridized carbons (Fsp3) is 0.531. The predicted octanol–water partition coefficient (Wildman–Crippen LogP) is 5.68. The summed E-state index contributed by atoms with van der Waals surface area (Å²) >= 11 is 0. The standard InChI is InChI=1S/C32H44N2O3/c1-4-21-34-22-20-31(27-15-11-16-29(23-27)36-2)24-28(18-19-32(31,25-34)37-3)33-30(35)17-10-6-9-14-26-12-7-5-8-13-26/h4-5,7-8,11-13,15-16,23,28H,1,6,9-10,14,17-22,24-25H2,2-3H3,(H,33,35)/t28-,31-,32-/m0/s1. The first-order chi connectivity index (χ1) is 18.0. The number of ether oxygens (including phenoxy) is 2. The minimum Gasteiger partial charge on any atom is -0.497 e. The van der Waals surface area contributed by atoms with Gasteiger partial charge in [0.1, 0.15) is 5.75 Å². The van der Waals surface area contributed by atoms with Crippen molar-refractivity contribution in [3.05, 3.63) is 78.4 Å². The Morgan fingerprint density at radius 1 is 1.11 bits per heavy atom. The number of hydrogen-bond donors (Lipinski definition) is 1. The van der Waals surface area contributed by atoms with E-state index in [2.05, 4.69) is 65.3 Å². The molecular formula is C32H44N2O3. The smallest absolute Gasteiger partial charge is 0.220 e. The van der Waals surface area contributed by atoms with Gasteiger partial charge in [0.25, 0.3) is 0 Å². The van der Waals surface area contributed by atoms with Gasteiger partial charge in [-0.25, -0.2) is 0 Å². The number of carbonyl (C=O) groups is 1. The minimum absolute atomic E-state index is 0.150. The van der Waals surface area contributed by atoms with E-state index in [0.717, 1.165) is 76.8 Å². The first kappa shape index (κ1) is 27.4. The van der Waals surface area contributed by atoms with Gasteiger partial charge in [-0.3, -0.25) is 9.69 Å². The molecule has 0 aromatic heterocycles. The molecule has 0 unspecified atom stereocenters. The van der Waals surface area contributed by atoms with Gasteiger partial charge in [0.2, 0.25) is 5.91 Å². The summed E-state index contributed by atoms with van der Waals surface area (Å²) in [5.74, 6) is 1.05. The number of hydrogen-bond acceptors (Lipinski definition) is 4. The highest BCUT2D eigenvalue weighted by Gasteiger charge is 2.58. The molecule has 37 heavy (non-hydrogen) atoms. The van der Waals surface area contributed by atoms with Crippen LogP contribution in [0.4, 0.5) is 0 Å². The van der Waals surface area contributed by atoms with Gasteiger partial charge < -0.3 is 14.8 Å². The lowest BCUT2D eigenvalue weighted by Gasteiger charge is -2.59. The van der Waals surface area contributed by atoms with E-state index in [1.807, 2.05) is 19.3 Å². The first-order valence-corrected chi connectivity index (χ1v) is 13.9. The number of nitrogens with zero attached hydrogens (tertiary/aromatic N) is 1. The lowest BCUT2D eigenvalue weighted by atomic mass is 9.55. The zero-order valence-electron chi connectivity index (χ0n) is 22.7. The molecule has 1 N–H and O–H groups in total. The summed E-state index contributed by atoms with van der Waals surface area (Å²) in [7, 11) is 3.58. The van der Waals surface area contributed by atoms with Gasteiger partial charge in [0, 0.05) is 38.1 Å². The number of nitrogens with one attached hydrogen (secondary N) is 1. The second kappa shape index (κ2) is 12.7. The second-order valence-corrected chi connectivity index (χ2v) is 10.8. The van der Waals surface area contributed by atoms with Crippen molar-refractivity contribution in [3.63, 3.8) is 0 Å². The van der Waals surface area contributed by atoms with E-state index in [-0.39, 0.29) is 23.0 Å². The number of amides is 1. The highest BCUT2D eigenvalue weighted by Crippen LogP contribution is 2.53. The van der Waals surface area contributed by atoms with E-state index >= 15 is 0 Å². The third-order valence-electron chi connectivity index (χ3n) is 8.68. The van der Waals surface area contributed by atoms with Crippen LogP contribution in [0.3, 0.4) is 0 Å². The van der Waals surface area contributed by atoms with E-state index in [1.54, 1.807) is 7.11 Å². The van der Waals surface area contributed by atoms with Crippen molar-refractivity contribution in [2.45, 2.75) is 74.8 Å². The fourth-order valence-corrected chi connectivity index (χ4v) is 6.71. The summed E-state index contributed by atoms with van der Waals surface area (Å²) in [6, 6.07) is 19.2. The molecule has 200 valence electrons. The van der Waals surface area contributed by atoms with Crippen molar-refractivity contribution in [1.29, 1.82) is 0 Å². The third-order valence-corrected chi connectivity index (χ3v) is 8.68. The Morgan fingerprint density at radius 3 is 2.70 bits per heavy atom. The van der Waals surface area contributed by atoms with Crippen LogP contribution in [-0.2, 0) is 21.4 Å². The molecule has 5 heteroatoms. The van der Waals surface area contributed by atoms with Crippen LogP contribution >= 0.6 is 0 Å². The second-order valence-electron chi connectivity index (χ2n) is 10.8. The maximum atomic E-state index is 13.0. The van der Waals surface area contributed by atoms with Crippen LogP contribution in [-0.4, -0.2) is 56.3 Å². The zero-order valence-corrected chi connectivity index (χ0v) is 22.7. The molecule has 0 spiro atoms. The molecule has 1 saturated carbocycles. The van der Waals surface area contributed by atoms with Gasteiger partial charge in [-0.1, -0.05) is 55.0 Å². The van der Waals surface area contributed by atoms with Gasteiger partial charge in [-0.2, -0.15) is 0 Å². The van der Waals surface area contributed by atoms with Crippen LogP contribution in [0.1, 0.15) is 62.5 Å². The summed E-state index contributed by atoms with van der Waals surface area (Å²) in [4.78, 5) is 15.4. The molecule has 2 aromatic rings. The average molecular weight is 505 g/mol. The lowest BCUT2D eigenvalue weighted by Crippen LogP contribution is -2.67. The van der Waals surface area contributed by atoms with Crippen molar-refractivity contribution in [3.8, 4) is 5.75 Å². The molecule has 5 nitrogen and oxygen atoms in total. The maximum absolute atomic E-state index is 13.0. The highest BCUT2D eigenvalue weighted by atomic mass is 16.5. The molecule has 1 heterocycles. The number of carbonyl (C=O) groups excluding carboxylic acids is 1. The summed E-state index contributed by atoms with van der Waals surface area (Å²) in [6.45, 7) is 6.67. The average Bonchev–Trinajstić information content (AvgIpc) is 2.93. The summed E-state index contributed by atoms with van der Waals surface area (Å²) < 4.78 is 12.0. The Bertz CT molecular complexity index is 1030. The molecule has 2 fully saturated rings. The monoisotopic (exact) mass is 504 g/mol. The molecular weight excluding hydrogens is 460 g/mol. The van der Waals surface area contributed by atoms with E-state index in [4.69, 9.17) is 9.47 Å². The molecule has 2 aliphatic rings. The van der Waals surface area contributed by atoms with Crippen molar-refractivity contribution >= 4 is 5.91 Å². The van der Waals surface area contributed by atoms with Gasteiger partial charge >= 0.3 is 0 Å². The third kappa shape index (κ3) is 6.27. The predicted molar refractivity (Wildman–Crippen MR) is 150 cm³/mol. The number of piperidine rings is 1. The topological polar surface area (TPSA) is 50.8 Å². The number of methoxy groups -OCH3 is 2. The van der Waals surface area contributed by atoms with Crippen molar-refractivity contribution in [2.24, 2.45) is 0 Å². The van der Waals surface area contributed by atoms with Gasteiger partial charge in [-0.05, 0) is 74.8 Å². The van der Waals surface area contributed by atoms with Crippen LogP contribution in [0.5, 0.6) is 5.75 Å². The molecule has 1 aliphatic carbocycles. The van der Waals surface area contributed by atoms with E-state index < -0.39 is 0 Å². The van der Waals surface area contributed by atoms with Crippen LogP contribution in [0.25, 0.3) is 0 Å². The quantitative estimate of drug-likeness (QED) is 0.298. The van der Waals surface area contributed by atoms with Crippen molar-refractivity contribution < 1.29 is 14.3 Å². The molecule has 1 aliphatic heterocycles. The molecule has 4 rings (SSSR count). The number of aryl methyl sites for hydroxylation is 1. The van der Waals surface area contributed by atoms with Crippen molar-refractivity contribution in [1.82, 2.24) is 10.2 Å². The molecule has 1 amide bonds. The molecule has 0 radical (unpaired) electrons. The Kier molecular flexibility index (Phi) is 9.44. The molecule has 1 saturated heterocycles. The number of likely N-dealkylation sites (tertiary alicyclic amines) is 1. The number of unbranched alkanes of at least 4 members (excludes halogenated alkanes) is 2. The number of rotatable bonds is 12. The summed E-state index contributed by atoms with van der Waals surface area (Å²) in [5.41, 5.74) is 2.14. The van der Waals surface area contributed by atoms with Crippen LogP contribution in [0.15, 0.2) is 67.3 Å². The maximum Gasteiger partial charge on any atom is 0.220 e. The highest BCUT2D eigenvalue weighted by molar-refractivity contribution is 5.76. The lowest BCUT2D eigenvalue weighted by molar-refractivity contribution is -0.149. The minimum atomic E-state index is -0.306. The normalized spacial score (nSPS) is 25.7. The molecule has 0 bridgehead atoms.